The third kappa shape index (κ3) is 3.77. The fourth-order valence-electron chi connectivity index (χ4n) is 4.50. The number of fused-ring (bicyclic) bond motifs is 1. The highest BCUT2D eigenvalue weighted by atomic mass is 19.1. The maximum absolute atomic E-state index is 14.2. The lowest BCUT2D eigenvalue weighted by Gasteiger charge is -2.27. The Morgan fingerprint density at radius 2 is 2.00 bits per heavy atom. The van der Waals surface area contributed by atoms with Crippen molar-refractivity contribution in [1.29, 1.82) is 0 Å². The van der Waals surface area contributed by atoms with Gasteiger partial charge in [0.25, 0.3) is 11.5 Å². The smallest absolute Gasteiger partial charge is 0.303 e. The van der Waals surface area contributed by atoms with Crippen LogP contribution in [0, 0.1) is 17.7 Å². The number of carbonyl (C=O) groups is 2. The Hall–Kier alpha value is -3.30. The van der Waals surface area contributed by atoms with E-state index < -0.39 is 17.9 Å². The van der Waals surface area contributed by atoms with E-state index in [1.165, 1.54) is 29.8 Å². The monoisotopic (exact) mass is 429 g/mol. The molecule has 1 saturated carbocycles. The van der Waals surface area contributed by atoms with E-state index in [-0.39, 0.29) is 40.6 Å². The van der Waals surface area contributed by atoms with E-state index in [1.54, 1.807) is 18.9 Å². The van der Waals surface area contributed by atoms with Gasteiger partial charge in [-0.1, -0.05) is 0 Å². The molecule has 2 unspecified atom stereocenters. The highest BCUT2D eigenvalue weighted by Crippen LogP contribution is 2.49. The predicted molar refractivity (Wildman–Crippen MR) is 110 cm³/mol. The average Bonchev–Trinajstić information content (AvgIpc) is 3.21. The van der Waals surface area contributed by atoms with Gasteiger partial charge in [0.2, 0.25) is 5.95 Å². The molecule has 1 aliphatic heterocycles. The predicted octanol–water partition coefficient (Wildman–Crippen LogP) is 0.826. The normalized spacial score (nSPS) is 22.6. The Labute approximate surface area is 178 Å². The van der Waals surface area contributed by atoms with Crippen LogP contribution in [0.25, 0.3) is 11.3 Å². The molecular weight excluding hydrogens is 405 g/mol. The van der Waals surface area contributed by atoms with Crippen molar-refractivity contribution in [2.24, 2.45) is 18.9 Å². The second-order valence-electron chi connectivity index (χ2n) is 8.12. The third-order valence-electron chi connectivity index (χ3n) is 6.07. The minimum Gasteiger partial charge on any atom is -0.453 e. The van der Waals surface area contributed by atoms with Gasteiger partial charge in [0.1, 0.15) is 0 Å². The Bertz CT molecular complexity index is 1090. The first-order chi connectivity index (χ1) is 14.7. The summed E-state index contributed by atoms with van der Waals surface area (Å²) in [5.41, 5.74) is 0.179. The molecule has 0 N–H and O–H groups in total. The number of hydrogen-bond acceptors (Lipinski definition) is 7. The molecule has 0 aromatic carbocycles. The third-order valence-corrected chi connectivity index (χ3v) is 6.07. The number of piperidine rings is 1. The summed E-state index contributed by atoms with van der Waals surface area (Å²) in [7, 11) is 3.48. The number of anilines is 1. The van der Waals surface area contributed by atoms with Gasteiger partial charge >= 0.3 is 5.97 Å². The van der Waals surface area contributed by atoms with E-state index in [9.17, 15) is 18.8 Å². The number of ether oxygens (including phenoxy) is 1. The van der Waals surface area contributed by atoms with Gasteiger partial charge in [-0.3, -0.25) is 23.9 Å². The number of nitrogens with zero attached hydrogens (tertiary/aromatic N) is 5. The van der Waals surface area contributed by atoms with E-state index in [1.807, 2.05) is 11.9 Å². The second kappa shape index (κ2) is 7.75. The van der Waals surface area contributed by atoms with Gasteiger partial charge in [0.05, 0.1) is 11.9 Å². The molecule has 164 valence electrons. The number of pyridine rings is 1. The molecule has 1 aliphatic carbocycles. The van der Waals surface area contributed by atoms with E-state index in [2.05, 4.69) is 9.97 Å². The second-order valence-corrected chi connectivity index (χ2v) is 8.12. The van der Waals surface area contributed by atoms with Crippen molar-refractivity contribution in [1.82, 2.24) is 19.4 Å². The Balaban J connectivity index is 1.51. The summed E-state index contributed by atoms with van der Waals surface area (Å²) in [6, 6.07) is 2.91. The van der Waals surface area contributed by atoms with Gasteiger partial charge < -0.3 is 14.5 Å². The van der Waals surface area contributed by atoms with E-state index in [0.29, 0.717) is 19.0 Å². The van der Waals surface area contributed by atoms with Crippen LogP contribution in [0.1, 0.15) is 13.8 Å². The van der Waals surface area contributed by atoms with Gasteiger partial charge in [0, 0.05) is 69.8 Å². The summed E-state index contributed by atoms with van der Waals surface area (Å²) < 4.78 is 20.6. The molecular formula is C21H24FN5O4. The molecule has 31 heavy (non-hydrogen) atoms. The van der Waals surface area contributed by atoms with E-state index in [0.717, 1.165) is 6.20 Å². The number of likely N-dealkylation sites (tertiary alicyclic amines) is 1. The average molecular weight is 429 g/mol. The summed E-state index contributed by atoms with van der Waals surface area (Å²) in [5.74, 6) is -0.335. The van der Waals surface area contributed by atoms with Crippen LogP contribution in [-0.2, 0) is 21.4 Å². The van der Waals surface area contributed by atoms with Crippen molar-refractivity contribution >= 4 is 17.8 Å². The topological polar surface area (TPSA) is 97.6 Å². The number of esters is 1. The summed E-state index contributed by atoms with van der Waals surface area (Å²) >= 11 is 0. The van der Waals surface area contributed by atoms with E-state index >= 15 is 0 Å². The van der Waals surface area contributed by atoms with Crippen LogP contribution < -0.4 is 10.5 Å². The molecule has 10 heteroatoms. The number of carbonyl (C=O) groups excluding carboxylic acids is 2. The SMILES string of the molecule is CC(=O)OC(C)C(=O)N1C[C@@H]2C(N(C)c3nc(-c4ccncc4F)cc(=O)n3C)[C@@H]2C1. The minimum atomic E-state index is -0.805. The number of rotatable bonds is 5. The number of hydrogen-bond donors (Lipinski definition) is 0. The standard InChI is InChI=1S/C21H24FN5O4/c1-11(31-12(2)28)20(30)27-9-14-15(10-27)19(14)26(4)21-24-17(7-18(29)25(21)3)13-5-6-23-8-16(13)22/h5-8,11,14-15,19H,9-10H2,1-4H3/t11?,14-,15+,19?. The van der Waals surface area contributed by atoms with Crippen LogP contribution >= 0.6 is 0 Å². The molecule has 0 radical (unpaired) electrons. The lowest BCUT2D eigenvalue weighted by atomic mass is 10.2. The first-order valence-electron chi connectivity index (χ1n) is 10.1. The van der Waals surface area contributed by atoms with Crippen molar-refractivity contribution < 1.29 is 18.7 Å². The number of halogens is 1. The lowest BCUT2D eigenvalue weighted by Crippen LogP contribution is -2.42. The summed E-state index contributed by atoms with van der Waals surface area (Å²) in [6.45, 7) is 3.95. The molecule has 4 rings (SSSR count). The van der Waals surface area contributed by atoms with Crippen LogP contribution in [0.2, 0.25) is 0 Å². The largest absolute Gasteiger partial charge is 0.453 e. The van der Waals surface area contributed by atoms with Gasteiger partial charge in [-0.25, -0.2) is 9.37 Å². The van der Waals surface area contributed by atoms with Gasteiger partial charge in [-0.15, -0.1) is 0 Å². The van der Waals surface area contributed by atoms with Crippen molar-refractivity contribution in [2.45, 2.75) is 26.0 Å². The molecule has 9 nitrogen and oxygen atoms in total. The molecule has 3 heterocycles. The van der Waals surface area contributed by atoms with Crippen molar-refractivity contribution in [2.75, 3.05) is 25.0 Å². The summed E-state index contributed by atoms with van der Waals surface area (Å²) in [5, 5.41) is 0. The Morgan fingerprint density at radius 1 is 1.32 bits per heavy atom. The van der Waals surface area contributed by atoms with Crippen LogP contribution in [0.15, 0.2) is 29.3 Å². The quantitative estimate of drug-likeness (QED) is 0.650. The van der Waals surface area contributed by atoms with Crippen LogP contribution in [0.5, 0.6) is 0 Å². The summed E-state index contributed by atoms with van der Waals surface area (Å²) in [4.78, 5) is 48.0. The van der Waals surface area contributed by atoms with Crippen molar-refractivity contribution in [3.63, 3.8) is 0 Å². The first kappa shape index (κ1) is 21.0. The number of aromatic nitrogens is 3. The molecule has 0 bridgehead atoms. The highest BCUT2D eigenvalue weighted by Gasteiger charge is 2.59. The number of amides is 1. The van der Waals surface area contributed by atoms with Crippen molar-refractivity contribution in [3.05, 3.63) is 40.7 Å². The van der Waals surface area contributed by atoms with Gasteiger partial charge in [-0.05, 0) is 13.0 Å². The zero-order chi connectivity index (χ0) is 22.4. The fraction of sp³-hybridized carbons (Fsp3) is 0.476. The molecule has 2 aromatic heterocycles. The molecule has 1 amide bonds. The molecule has 2 aliphatic rings. The Morgan fingerprint density at radius 3 is 2.61 bits per heavy atom. The summed E-state index contributed by atoms with van der Waals surface area (Å²) in [6.07, 6.45) is 1.74. The maximum atomic E-state index is 14.2. The highest BCUT2D eigenvalue weighted by molar-refractivity contribution is 5.83. The molecule has 2 aromatic rings. The van der Waals surface area contributed by atoms with Crippen molar-refractivity contribution in [3.8, 4) is 11.3 Å². The van der Waals surface area contributed by atoms with Crippen LogP contribution in [0.4, 0.5) is 10.3 Å². The van der Waals surface area contributed by atoms with Gasteiger partial charge in [-0.2, -0.15) is 0 Å². The van der Waals surface area contributed by atoms with Crippen LogP contribution in [-0.4, -0.2) is 63.6 Å². The fourth-order valence-corrected chi connectivity index (χ4v) is 4.50. The van der Waals surface area contributed by atoms with Crippen LogP contribution in [0.3, 0.4) is 0 Å². The lowest BCUT2D eigenvalue weighted by molar-refractivity contribution is -0.157. The van der Waals surface area contributed by atoms with E-state index in [4.69, 9.17) is 4.74 Å². The molecule has 1 saturated heterocycles. The Kier molecular flexibility index (Phi) is 5.24. The minimum absolute atomic E-state index is 0.115. The molecule has 2 fully saturated rings. The first-order valence-corrected chi connectivity index (χ1v) is 10.1. The molecule has 0 spiro atoms. The van der Waals surface area contributed by atoms with Gasteiger partial charge in [0.15, 0.2) is 11.9 Å². The zero-order valence-electron chi connectivity index (χ0n) is 17.8. The maximum Gasteiger partial charge on any atom is 0.303 e. The zero-order valence-corrected chi connectivity index (χ0v) is 17.8. The molecule has 4 atom stereocenters.